The molecule has 10 heteroatoms. The van der Waals surface area contributed by atoms with Crippen LogP contribution < -0.4 is 5.32 Å². The number of halogens is 6. The molecule has 4 nitrogen and oxygen atoms in total. The molecule has 0 aliphatic carbocycles. The lowest BCUT2D eigenvalue weighted by molar-refractivity contribution is -0.376. The Bertz CT molecular complexity index is 624. The van der Waals surface area contributed by atoms with Crippen LogP contribution in [0.3, 0.4) is 0 Å². The van der Waals surface area contributed by atoms with Crippen LogP contribution in [0.2, 0.25) is 0 Å². The summed E-state index contributed by atoms with van der Waals surface area (Å²) in [5, 5.41) is 21.7. The molecule has 0 aromatic heterocycles. The minimum Gasteiger partial charge on any atom is -0.380 e. The van der Waals surface area contributed by atoms with Gasteiger partial charge in [0.25, 0.3) is 11.5 Å². The van der Waals surface area contributed by atoms with Crippen molar-refractivity contribution in [2.24, 2.45) is 0 Å². The quantitative estimate of drug-likeness (QED) is 0.472. The molecular weight excluding hydrogens is 380 g/mol. The summed E-state index contributed by atoms with van der Waals surface area (Å²) in [5.74, 6) is -0.840. The van der Waals surface area contributed by atoms with Crippen LogP contribution >= 0.6 is 0 Å². The first-order valence-corrected chi connectivity index (χ1v) is 8.17. The van der Waals surface area contributed by atoms with E-state index in [4.69, 9.17) is 0 Å². The third-order valence-corrected chi connectivity index (χ3v) is 4.14. The van der Waals surface area contributed by atoms with Crippen molar-refractivity contribution in [3.05, 3.63) is 29.8 Å². The monoisotopic (exact) mass is 401 g/mol. The van der Waals surface area contributed by atoms with Crippen molar-refractivity contribution in [2.75, 3.05) is 5.32 Å². The first kappa shape index (κ1) is 23.2. The number of carbonyl (C=O) groups excluding carboxylic acids is 1. The maximum absolute atomic E-state index is 12.8. The predicted octanol–water partition coefficient (Wildman–Crippen LogP) is 4.27. The van der Waals surface area contributed by atoms with Gasteiger partial charge in [-0.25, -0.2) is 0 Å². The molecule has 0 fully saturated rings. The molecule has 1 unspecified atom stereocenters. The van der Waals surface area contributed by atoms with Gasteiger partial charge < -0.3 is 15.5 Å². The molecule has 0 aliphatic rings. The molecule has 0 saturated heterocycles. The van der Waals surface area contributed by atoms with Crippen LogP contribution in [0.4, 0.5) is 32.0 Å². The molecule has 0 aliphatic heterocycles. The van der Waals surface area contributed by atoms with Crippen LogP contribution in [0.5, 0.6) is 0 Å². The van der Waals surface area contributed by atoms with Gasteiger partial charge in [-0.05, 0) is 25.5 Å². The van der Waals surface area contributed by atoms with E-state index in [1.54, 1.807) is 0 Å². The van der Waals surface area contributed by atoms with E-state index in [-0.39, 0.29) is 12.1 Å². The van der Waals surface area contributed by atoms with Crippen molar-refractivity contribution in [3.8, 4) is 0 Å². The number of aliphatic hydroxyl groups is 2. The van der Waals surface area contributed by atoms with E-state index in [1.165, 1.54) is 6.92 Å². The van der Waals surface area contributed by atoms with Crippen molar-refractivity contribution in [2.45, 2.75) is 63.1 Å². The second-order valence-corrected chi connectivity index (χ2v) is 6.47. The zero-order chi connectivity index (χ0) is 21.1. The van der Waals surface area contributed by atoms with E-state index in [2.05, 4.69) is 5.32 Å². The van der Waals surface area contributed by atoms with Gasteiger partial charge in [-0.2, -0.15) is 26.3 Å². The van der Waals surface area contributed by atoms with Gasteiger partial charge in [0.1, 0.15) is 5.60 Å². The van der Waals surface area contributed by atoms with Crippen LogP contribution in [-0.4, -0.2) is 34.1 Å². The average Bonchev–Trinajstić information content (AvgIpc) is 2.52. The average molecular weight is 401 g/mol. The molecule has 1 amide bonds. The molecule has 27 heavy (non-hydrogen) atoms. The third kappa shape index (κ3) is 5.13. The fraction of sp³-hybridized carbons (Fsp3) is 0.588. The molecule has 1 aromatic rings. The lowest BCUT2D eigenvalue weighted by atomic mass is 9.92. The van der Waals surface area contributed by atoms with E-state index in [0.29, 0.717) is 18.6 Å². The van der Waals surface area contributed by atoms with Gasteiger partial charge in [-0.1, -0.05) is 38.3 Å². The van der Waals surface area contributed by atoms with Crippen LogP contribution in [0.25, 0.3) is 0 Å². The number of nitrogens with one attached hydrogen (secondary N) is 1. The number of amides is 1. The molecule has 0 heterocycles. The molecule has 1 atom stereocenters. The van der Waals surface area contributed by atoms with E-state index in [0.717, 1.165) is 25.0 Å². The van der Waals surface area contributed by atoms with Crippen molar-refractivity contribution < 1.29 is 41.4 Å². The van der Waals surface area contributed by atoms with Gasteiger partial charge in [-0.3, -0.25) is 4.79 Å². The Labute approximate surface area is 152 Å². The topological polar surface area (TPSA) is 69.6 Å². The maximum Gasteiger partial charge on any atom is 0.430 e. The Balaban J connectivity index is 3.00. The van der Waals surface area contributed by atoms with Gasteiger partial charge in [0.2, 0.25) is 0 Å². The number of benzene rings is 1. The molecule has 0 saturated carbocycles. The Morgan fingerprint density at radius 3 is 1.85 bits per heavy atom. The van der Waals surface area contributed by atoms with E-state index < -0.39 is 35.0 Å². The number of rotatable bonds is 7. The number of unbranched alkanes of at least 4 members (excludes halogenated alkanes) is 2. The summed E-state index contributed by atoms with van der Waals surface area (Å²) in [6.45, 7) is 3.19. The molecular formula is C17H21F6NO3. The van der Waals surface area contributed by atoms with Crippen LogP contribution in [0, 0.1) is 0 Å². The highest BCUT2D eigenvalue weighted by Crippen LogP contribution is 2.50. The molecule has 1 aromatic carbocycles. The summed E-state index contributed by atoms with van der Waals surface area (Å²) in [7, 11) is 0. The zero-order valence-electron chi connectivity index (χ0n) is 14.7. The van der Waals surface area contributed by atoms with Crippen LogP contribution in [0.15, 0.2) is 24.3 Å². The highest BCUT2D eigenvalue weighted by molar-refractivity contribution is 5.96. The lowest BCUT2D eigenvalue weighted by Gasteiger charge is -2.32. The Hall–Kier alpha value is -1.81. The van der Waals surface area contributed by atoms with Crippen LogP contribution in [-0.2, 0) is 10.4 Å². The molecule has 0 bridgehead atoms. The highest BCUT2D eigenvalue weighted by atomic mass is 19.4. The first-order valence-electron chi connectivity index (χ1n) is 8.17. The number of carbonyl (C=O) groups is 1. The molecule has 154 valence electrons. The normalized spacial score (nSPS) is 15.3. The number of alkyl halides is 6. The van der Waals surface area contributed by atoms with E-state index >= 15 is 0 Å². The Kier molecular flexibility index (Phi) is 6.93. The summed E-state index contributed by atoms with van der Waals surface area (Å²) in [6, 6.07) is 2.42. The van der Waals surface area contributed by atoms with Gasteiger partial charge in [0.05, 0.1) is 0 Å². The van der Waals surface area contributed by atoms with Crippen molar-refractivity contribution in [3.63, 3.8) is 0 Å². The Morgan fingerprint density at radius 2 is 1.44 bits per heavy atom. The number of hydrogen-bond donors (Lipinski definition) is 3. The second-order valence-electron chi connectivity index (χ2n) is 6.47. The summed E-state index contributed by atoms with van der Waals surface area (Å²) < 4.78 is 77.0. The summed E-state index contributed by atoms with van der Waals surface area (Å²) in [4.78, 5) is 12.1. The fourth-order valence-electron chi connectivity index (χ4n) is 2.38. The fourth-order valence-corrected chi connectivity index (χ4v) is 2.38. The highest BCUT2D eigenvalue weighted by Gasteiger charge is 2.71. The molecule has 3 N–H and O–H groups in total. The smallest absolute Gasteiger partial charge is 0.380 e. The van der Waals surface area contributed by atoms with Crippen LogP contribution in [0.1, 0.15) is 45.1 Å². The molecule has 1 rings (SSSR count). The SMILES string of the molecule is CCCCCC(C)(O)C(=O)Nc1ccc(C(O)(C(F)(F)F)C(F)(F)F)cc1. The van der Waals surface area contributed by atoms with E-state index in [1.807, 2.05) is 6.92 Å². The minimum atomic E-state index is -5.99. The van der Waals surface area contributed by atoms with Crippen molar-refractivity contribution in [1.29, 1.82) is 0 Å². The second kappa shape index (κ2) is 8.05. The summed E-state index contributed by atoms with van der Waals surface area (Å²) in [5.41, 5.74) is -8.33. The van der Waals surface area contributed by atoms with Crippen molar-refractivity contribution >= 4 is 11.6 Å². The zero-order valence-corrected chi connectivity index (χ0v) is 14.7. The minimum absolute atomic E-state index is 0.119. The first-order chi connectivity index (χ1) is 12.2. The van der Waals surface area contributed by atoms with Gasteiger partial charge >= 0.3 is 12.4 Å². The summed E-state index contributed by atoms with van der Waals surface area (Å²) >= 11 is 0. The van der Waals surface area contributed by atoms with Gasteiger partial charge in [0, 0.05) is 11.3 Å². The molecule has 0 spiro atoms. The predicted molar refractivity (Wildman–Crippen MR) is 85.8 cm³/mol. The summed E-state index contributed by atoms with van der Waals surface area (Å²) in [6.07, 6.45) is -9.61. The third-order valence-electron chi connectivity index (χ3n) is 4.14. The number of anilines is 1. The van der Waals surface area contributed by atoms with Gasteiger partial charge in [0.15, 0.2) is 0 Å². The lowest BCUT2D eigenvalue weighted by Crippen LogP contribution is -2.53. The number of hydrogen-bond acceptors (Lipinski definition) is 3. The standard InChI is InChI=1S/C17H21F6NO3/c1-3-4-5-10-14(2,26)13(25)24-12-8-6-11(7-9-12)15(27,16(18,19)20)17(21,22)23/h6-9,26-27H,3-5,10H2,1-2H3,(H,24,25). The Morgan fingerprint density at radius 1 is 0.963 bits per heavy atom. The largest absolute Gasteiger partial charge is 0.430 e. The molecule has 0 radical (unpaired) electrons. The van der Waals surface area contributed by atoms with E-state index in [9.17, 15) is 41.4 Å². The van der Waals surface area contributed by atoms with Gasteiger partial charge in [-0.15, -0.1) is 0 Å². The maximum atomic E-state index is 12.8. The van der Waals surface area contributed by atoms with Crippen molar-refractivity contribution in [1.82, 2.24) is 0 Å².